The first-order valence-electron chi connectivity index (χ1n) is 8.89. The van der Waals surface area contributed by atoms with Crippen LogP contribution in [0.4, 0.5) is 4.79 Å². The van der Waals surface area contributed by atoms with Gasteiger partial charge in [-0.3, -0.25) is 4.79 Å². The average molecular weight is 364 g/mol. The molecule has 1 aliphatic rings. The average Bonchev–Trinajstić information content (AvgIpc) is 2.60. The van der Waals surface area contributed by atoms with Crippen molar-refractivity contribution in [3.8, 4) is 5.88 Å². The summed E-state index contributed by atoms with van der Waals surface area (Å²) in [5.74, 6) is -0.325. The Balaban J connectivity index is 2.22. The normalized spacial score (nSPS) is 20.4. The van der Waals surface area contributed by atoms with E-state index >= 15 is 0 Å². The molecule has 2 atom stereocenters. The topological polar surface area (TPSA) is 78.0 Å². The zero-order chi connectivity index (χ0) is 19.3. The van der Waals surface area contributed by atoms with Crippen LogP contribution in [0.15, 0.2) is 18.3 Å². The van der Waals surface area contributed by atoms with Crippen LogP contribution < -0.4 is 4.74 Å². The number of hydrogen-bond donors (Lipinski definition) is 0. The highest BCUT2D eigenvalue weighted by molar-refractivity contribution is 5.76. The molecule has 1 aliphatic heterocycles. The Morgan fingerprint density at radius 1 is 1.35 bits per heavy atom. The molecule has 1 amide bonds. The summed E-state index contributed by atoms with van der Waals surface area (Å²) in [6.07, 6.45) is 1.89. The summed E-state index contributed by atoms with van der Waals surface area (Å²) in [6.45, 7) is 8.32. The number of amides is 1. The van der Waals surface area contributed by atoms with Gasteiger partial charge in [0.25, 0.3) is 0 Å². The van der Waals surface area contributed by atoms with Gasteiger partial charge in [-0.2, -0.15) is 0 Å². The van der Waals surface area contributed by atoms with Gasteiger partial charge in [-0.15, -0.1) is 0 Å². The summed E-state index contributed by atoms with van der Waals surface area (Å²) >= 11 is 0. The van der Waals surface area contributed by atoms with Crippen molar-refractivity contribution >= 4 is 12.1 Å². The fourth-order valence-corrected chi connectivity index (χ4v) is 3.10. The largest absolute Gasteiger partial charge is 0.481 e. The monoisotopic (exact) mass is 364 g/mol. The summed E-state index contributed by atoms with van der Waals surface area (Å²) in [5, 5.41) is 0. The number of esters is 1. The van der Waals surface area contributed by atoms with Crippen molar-refractivity contribution in [3.63, 3.8) is 0 Å². The molecule has 0 radical (unpaired) electrons. The number of nitrogens with zero attached hydrogens (tertiary/aromatic N) is 2. The van der Waals surface area contributed by atoms with Crippen molar-refractivity contribution in [2.75, 3.05) is 26.8 Å². The minimum absolute atomic E-state index is 0.0652. The smallest absolute Gasteiger partial charge is 0.410 e. The second-order valence-electron chi connectivity index (χ2n) is 7.31. The highest BCUT2D eigenvalue weighted by atomic mass is 16.6. The van der Waals surface area contributed by atoms with Crippen LogP contribution in [-0.4, -0.2) is 54.4 Å². The lowest BCUT2D eigenvalue weighted by molar-refractivity contribution is -0.150. The summed E-state index contributed by atoms with van der Waals surface area (Å²) < 4.78 is 15.9. The zero-order valence-corrected chi connectivity index (χ0v) is 16.2. The van der Waals surface area contributed by atoms with Gasteiger partial charge in [0.1, 0.15) is 5.60 Å². The number of piperidine rings is 1. The Hall–Kier alpha value is -2.31. The molecule has 0 spiro atoms. The lowest BCUT2D eigenvalue weighted by Gasteiger charge is -2.38. The highest BCUT2D eigenvalue weighted by Crippen LogP contribution is 2.35. The third-order valence-corrected chi connectivity index (χ3v) is 4.25. The first kappa shape index (κ1) is 20.0. The maximum Gasteiger partial charge on any atom is 0.410 e. The van der Waals surface area contributed by atoms with Gasteiger partial charge in [0.05, 0.1) is 19.6 Å². The second-order valence-corrected chi connectivity index (χ2v) is 7.31. The van der Waals surface area contributed by atoms with E-state index in [-0.39, 0.29) is 18.4 Å². The summed E-state index contributed by atoms with van der Waals surface area (Å²) in [4.78, 5) is 30.7. The highest BCUT2D eigenvalue weighted by Gasteiger charge is 2.39. The van der Waals surface area contributed by atoms with E-state index < -0.39 is 17.6 Å². The van der Waals surface area contributed by atoms with E-state index in [1.807, 2.05) is 32.9 Å². The zero-order valence-electron chi connectivity index (χ0n) is 16.2. The van der Waals surface area contributed by atoms with Gasteiger partial charge in [0, 0.05) is 31.3 Å². The van der Waals surface area contributed by atoms with Crippen LogP contribution in [0.2, 0.25) is 0 Å². The molecule has 2 heterocycles. The molecule has 1 fully saturated rings. The molecular formula is C19H28N2O5. The van der Waals surface area contributed by atoms with Crippen LogP contribution in [0, 0.1) is 5.92 Å². The predicted molar refractivity (Wildman–Crippen MR) is 96.1 cm³/mol. The lowest BCUT2D eigenvalue weighted by atomic mass is 9.81. The first-order chi connectivity index (χ1) is 12.2. The Morgan fingerprint density at radius 3 is 2.69 bits per heavy atom. The molecule has 0 aliphatic carbocycles. The van der Waals surface area contributed by atoms with Gasteiger partial charge in [-0.05, 0) is 45.7 Å². The molecule has 144 valence electrons. The Kier molecular flexibility index (Phi) is 6.45. The summed E-state index contributed by atoms with van der Waals surface area (Å²) in [7, 11) is 1.56. The lowest BCUT2D eigenvalue weighted by Crippen LogP contribution is -2.47. The SMILES string of the molecule is CCOC(=O)C1CN(C(=O)OC(C)(C)C)CCC1c1ccnc(OC)c1. The first-order valence-corrected chi connectivity index (χ1v) is 8.89. The van der Waals surface area contributed by atoms with E-state index in [2.05, 4.69) is 4.98 Å². The second kappa shape index (κ2) is 8.38. The molecule has 0 bridgehead atoms. The van der Waals surface area contributed by atoms with Crippen molar-refractivity contribution < 1.29 is 23.8 Å². The molecule has 26 heavy (non-hydrogen) atoms. The summed E-state index contributed by atoms with van der Waals surface area (Å²) in [6, 6.07) is 3.71. The van der Waals surface area contributed by atoms with Crippen LogP contribution in [0.25, 0.3) is 0 Å². The molecular weight excluding hydrogens is 336 g/mol. The van der Waals surface area contributed by atoms with Crippen LogP contribution in [0.5, 0.6) is 5.88 Å². The molecule has 0 N–H and O–H groups in total. The van der Waals surface area contributed by atoms with E-state index in [1.165, 1.54) is 0 Å². The molecule has 0 aromatic carbocycles. The van der Waals surface area contributed by atoms with E-state index in [0.29, 0.717) is 25.5 Å². The van der Waals surface area contributed by atoms with Crippen molar-refractivity contribution in [1.29, 1.82) is 0 Å². The molecule has 1 saturated heterocycles. The number of carbonyl (C=O) groups excluding carboxylic acids is 2. The van der Waals surface area contributed by atoms with Gasteiger partial charge in [-0.25, -0.2) is 9.78 Å². The molecule has 2 rings (SSSR count). The number of aromatic nitrogens is 1. The number of methoxy groups -OCH3 is 1. The minimum Gasteiger partial charge on any atom is -0.481 e. The number of ether oxygens (including phenoxy) is 3. The molecule has 0 saturated carbocycles. The Labute approximate surface area is 154 Å². The quantitative estimate of drug-likeness (QED) is 0.764. The number of carbonyl (C=O) groups is 2. The van der Waals surface area contributed by atoms with Crippen molar-refractivity contribution in [1.82, 2.24) is 9.88 Å². The number of likely N-dealkylation sites (tertiary alicyclic amines) is 1. The standard InChI is InChI=1S/C19H28N2O5/c1-6-25-17(22)15-12-21(18(23)26-19(2,3)4)10-8-14(15)13-7-9-20-16(11-13)24-5/h7,9,11,14-15H,6,8,10,12H2,1-5H3. The Bertz CT molecular complexity index is 641. The van der Waals surface area contributed by atoms with Crippen molar-refractivity contribution in [2.45, 2.75) is 45.6 Å². The number of pyridine rings is 1. The van der Waals surface area contributed by atoms with Crippen LogP contribution in [0.3, 0.4) is 0 Å². The fraction of sp³-hybridized carbons (Fsp3) is 0.632. The van der Waals surface area contributed by atoms with Crippen molar-refractivity contribution in [2.24, 2.45) is 5.92 Å². The van der Waals surface area contributed by atoms with E-state index in [4.69, 9.17) is 14.2 Å². The maximum atomic E-state index is 12.5. The third-order valence-electron chi connectivity index (χ3n) is 4.25. The van der Waals surface area contributed by atoms with Crippen LogP contribution in [-0.2, 0) is 14.3 Å². The van der Waals surface area contributed by atoms with Gasteiger partial charge >= 0.3 is 12.1 Å². The van der Waals surface area contributed by atoms with E-state index in [9.17, 15) is 9.59 Å². The predicted octanol–water partition coefficient (Wildman–Crippen LogP) is 2.99. The van der Waals surface area contributed by atoms with Crippen molar-refractivity contribution in [3.05, 3.63) is 23.9 Å². The maximum absolute atomic E-state index is 12.5. The molecule has 7 heteroatoms. The molecule has 7 nitrogen and oxygen atoms in total. The molecule has 1 aromatic rings. The fourth-order valence-electron chi connectivity index (χ4n) is 3.10. The van der Waals surface area contributed by atoms with Gasteiger partial charge in [0.15, 0.2) is 0 Å². The molecule has 1 aromatic heterocycles. The molecule has 2 unspecified atom stereocenters. The van der Waals surface area contributed by atoms with E-state index in [1.54, 1.807) is 25.1 Å². The van der Waals surface area contributed by atoms with Gasteiger partial charge < -0.3 is 19.1 Å². The van der Waals surface area contributed by atoms with Gasteiger partial charge in [0.2, 0.25) is 5.88 Å². The minimum atomic E-state index is -0.578. The number of hydrogen-bond acceptors (Lipinski definition) is 6. The summed E-state index contributed by atoms with van der Waals surface area (Å²) in [5.41, 5.74) is 0.380. The third kappa shape index (κ3) is 5.09. The van der Waals surface area contributed by atoms with Crippen LogP contribution in [0.1, 0.15) is 45.6 Å². The van der Waals surface area contributed by atoms with Gasteiger partial charge in [-0.1, -0.05) is 0 Å². The Morgan fingerprint density at radius 2 is 2.08 bits per heavy atom. The van der Waals surface area contributed by atoms with Crippen LogP contribution >= 0.6 is 0 Å². The number of rotatable bonds is 4. The van der Waals surface area contributed by atoms with E-state index in [0.717, 1.165) is 5.56 Å².